The van der Waals surface area contributed by atoms with Gasteiger partial charge in [-0.15, -0.1) is 0 Å². The fourth-order valence-corrected chi connectivity index (χ4v) is 4.55. The van der Waals surface area contributed by atoms with E-state index in [4.69, 9.17) is 25.8 Å². The van der Waals surface area contributed by atoms with E-state index in [0.717, 1.165) is 22.2 Å². The Hall–Kier alpha value is -2.07. The van der Waals surface area contributed by atoms with Crippen molar-refractivity contribution in [3.05, 3.63) is 58.6 Å². The third-order valence-electron chi connectivity index (χ3n) is 5.92. The van der Waals surface area contributed by atoms with Crippen LogP contribution < -0.4 is 0 Å². The highest BCUT2D eigenvalue weighted by Gasteiger charge is 2.50. The molecule has 5 rings (SSSR count). The summed E-state index contributed by atoms with van der Waals surface area (Å²) in [6, 6.07) is 7.38. The van der Waals surface area contributed by atoms with Gasteiger partial charge in [0.15, 0.2) is 12.5 Å². The molecule has 2 N–H and O–H groups in total. The lowest BCUT2D eigenvalue weighted by atomic mass is 9.91. The van der Waals surface area contributed by atoms with Crippen LogP contribution in [-0.2, 0) is 20.6 Å². The van der Waals surface area contributed by atoms with Gasteiger partial charge in [0.2, 0.25) is 0 Å². The Kier molecular flexibility index (Phi) is 5.01. The lowest BCUT2D eigenvalue weighted by Crippen LogP contribution is -2.40. The van der Waals surface area contributed by atoms with E-state index < -0.39 is 36.9 Å². The second-order valence-corrected chi connectivity index (χ2v) is 8.10. The van der Waals surface area contributed by atoms with Crippen LogP contribution in [0.3, 0.4) is 0 Å². The van der Waals surface area contributed by atoms with Crippen LogP contribution >= 0.6 is 11.6 Å². The number of fused-ring (bicyclic) bond motifs is 2. The Labute approximate surface area is 178 Å². The molecule has 0 amide bonds. The molecule has 4 heterocycles. The second kappa shape index (κ2) is 7.56. The van der Waals surface area contributed by atoms with Crippen molar-refractivity contribution >= 4 is 22.6 Å². The molecule has 2 unspecified atom stereocenters. The lowest BCUT2D eigenvalue weighted by Gasteiger charge is -2.35. The number of ether oxygens (including phenoxy) is 3. The zero-order chi connectivity index (χ0) is 21.0. The predicted octanol–water partition coefficient (Wildman–Crippen LogP) is 2.30. The third-order valence-corrected chi connectivity index (χ3v) is 6.15. The number of nitrogens with zero attached hydrogens (tertiary/aromatic N) is 3. The highest BCUT2D eigenvalue weighted by molar-refractivity contribution is 6.30. The molecule has 2 aromatic heterocycles. The minimum absolute atomic E-state index is 0.504. The SMILES string of the molecule is COC1Cc2cc(Cl)ccc2[C@H]([C@H]2OC(n3ccc4c(C)ncnc43)[C@H](O)[C@@H]2O)O1. The Bertz CT molecular complexity index is 1090. The molecule has 1 fully saturated rings. The molecule has 1 saturated heterocycles. The summed E-state index contributed by atoms with van der Waals surface area (Å²) in [6.45, 7) is 1.89. The molecule has 2 aliphatic rings. The summed E-state index contributed by atoms with van der Waals surface area (Å²) in [6.07, 6.45) is -1.29. The van der Waals surface area contributed by atoms with E-state index in [1.165, 1.54) is 6.33 Å². The smallest absolute Gasteiger partial charge is 0.164 e. The van der Waals surface area contributed by atoms with Gasteiger partial charge < -0.3 is 29.0 Å². The number of aliphatic hydroxyl groups excluding tert-OH is 2. The third kappa shape index (κ3) is 3.11. The summed E-state index contributed by atoms with van der Waals surface area (Å²) in [5.74, 6) is 0. The maximum atomic E-state index is 10.9. The number of benzene rings is 1. The molecule has 0 spiro atoms. The summed E-state index contributed by atoms with van der Waals surface area (Å²) in [4.78, 5) is 8.53. The van der Waals surface area contributed by atoms with Gasteiger partial charge in [-0.1, -0.05) is 17.7 Å². The number of hydrogen-bond acceptors (Lipinski definition) is 7. The second-order valence-electron chi connectivity index (χ2n) is 7.66. The van der Waals surface area contributed by atoms with Crippen LogP contribution in [0.15, 0.2) is 36.8 Å². The van der Waals surface area contributed by atoms with Crippen LogP contribution in [0, 0.1) is 6.92 Å². The zero-order valence-corrected chi connectivity index (χ0v) is 17.2. The molecule has 8 nitrogen and oxygen atoms in total. The number of aromatic nitrogens is 3. The van der Waals surface area contributed by atoms with Crippen molar-refractivity contribution in [1.29, 1.82) is 0 Å². The fourth-order valence-electron chi connectivity index (χ4n) is 4.35. The Morgan fingerprint density at radius 2 is 2.00 bits per heavy atom. The van der Waals surface area contributed by atoms with Gasteiger partial charge in [-0.05, 0) is 36.2 Å². The Balaban J connectivity index is 1.51. The van der Waals surface area contributed by atoms with Crippen LogP contribution in [0.1, 0.15) is 29.2 Å². The largest absolute Gasteiger partial charge is 0.387 e. The van der Waals surface area contributed by atoms with Gasteiger partial charge in [-0.2, -0.15) is 0 Å². The van der Waals surface area contributed by atoms with Gasteiger partial charge in [0.05, 0.1) is 5.69 Å². The van der Waals surface area contributed by atoms with Gasteiger partial charge >= 0.3 is 0 Å². The van der Waals surface area contributed by atoms with Crippen molar-refractivity contribution in [2.45, 2.75) is 50.3 Å². The van der Waals surface area contributed by atoms with E-state index in [9.17, 15) is 10.2 Å². The monoisotopic (exact) mass is 431 g/mol. The first-order valence-corrected chi connectivity index (χ1v) is 10.1. The Morgan fingerprint density at radius 3 is 2.80 bits per heavy atom. The first kappa shape index (κ1) is 19.9. The quantitative estimate of drug-likeness (QED) is 0.656. The van der Waals surface area contributed by atoms with Gasteiger partial charge in [-0.3, -0.25) is 0 Å². The van der Waals surface area contributed by atoms with Crippen LogP contribution in [0.4, 0.5) is 0 Å². The van der Waals surface area contributed by atoms with Crippen LogP contribution in [0.2, 0.25) is 5.02 Å². The first-order chi connectivity index (χ1) is 14.5. The number of rotatable bonds is 3. The van der Waals surface area contributed by atoms with Gasteiger partial charge in [0.25, 0.3) is 0 Å². The fraction of sp³-hybridized carbons (Fsp3) is 0.429. The molecular formula is C21H22ClN3O5. The van der Waals surface area contributed by atoms with Gasteiger partial charge in [-0.25, -0.2) is 9.97 Å². The van der Waals surface area contributed by atoms with Crippen molar-refractivity contribution in [2.24, 2.45) is 0 Å². The summed E-state index contributed by atoms with van der Waals surface area (Å²) in [5.41, 5.74) is 3.29. The summed E-state index contributed by atoms with van der Waals surface area (Å²) < 4.78 is 19.4. The molecular weight excluding hydrogens is 410 g/mol. The maximum absolute atomic E-state index is 10.9. The first-order valence-electron chi connectivity index (χ1n) is 9.74. The summed E-state index contributed by atoms with van der Waals surface area (Å²) in [5, 5.41) is 23.2. The molecule has 2 aliphatic heterocycles. The number of hydrogen-bond donors (Lipinski definition) is 2. The average molecular weight is 432 g/mol. The number of aliphatic hydroxyl groups is 2. The van der Waals surface area contributed by atoms with Crippen LogP contribution in [-0.4, -0.2) is 56.5 Å². The molecule has 1 aromatic carbocycles. The number of methoxy groups -OCH3 is 1. The lowest BCUT2D eigenvalue weighted by molar-refractivity contribution is -0.206. The van der Waals surface area contributed by atoms with E-state index in [0.29, 0.717) is 17.1 Å². The molecule has 158 valence electrons. The molecule has 0 saturated carbocycles. The van der Waals surface area contributed by atoms with E-state index >= 15 is 0 Å². The normalized spacial score (nSPS) is 31.2. The van der Waals surface area contributed by atoms with Crippen molar-refractivity contribution < 1.29 is 24.4 Å². The molecule has 0 radical (unpaired) electrons. The minimum Gasteiger partial charge on any atom is -0.387 e. The van der Waals surface area contributed by atoms with Gasteiger partial charge in [0, 0.05) is 30.1 Å². The van der Waals surface area contributed by atoms with Crippen molar-refractivity contribution in [3.8, 4) is 0 Å². The van der Waals surface area contributed by atoms with Crippen molar-refractivity contribution in [1.82, 2.24) is 14.5 Å². The maximum Gasteiger partial charge on any atom is 0.164 e. The highest BCUT2D eigenvalue weighted by Crippen LogP contribution is 2.43. The molecule has 6 atom stereocenters. The average Bonchev–Trinajstić information content (AvgIpc) is 3.29. The molecule has 0 aliphatic carbocycles. The summed E-state index contributed by atoms with van der Waals surface area (Å²) in [7, 11) is 1.56. The highest BCUT2D eigenvalue weighted by atomic mass is 35.5. The van der Waals surface area contributed by atoms with Crippen molar-refractivity contribution in [3.63, 3.8) is 0 Å². The number of halogens is 1. The standard InChI is InChI=1S/C21H22ClN3O5/c1-10-13-5-6-25(20(13)24-9-23-10)21-17(27)16(26)19(30-21)18-14-4-3-12(22)7-11(14)8-15(28-2)29-18/h3-7,9,15-19,21,26-27H,8H2,1-2H3/t15?,16-,17+,18+,19-,21?/m0/s1. The van der Waals surface area contributed by atoms with Gasteiger partial charge in [0.1, 0.15) is 36.4 Å². The van der Waals surface area contributed by atoms with Crippen molar-refractivity contribution in [2.75, 3.05) is 7.11 Å². The van der Waals surface area contributed by atoms with E-state index in [2.05, 4.69) is 9.97 Å². The minimum atomic E-state index is -1.17. The van der Waals surface area contributed by atoms with E-state index in [1.54, 1.807) is 23.9 Å². The Morgan fingerprint density at radius 1 is 1.17 bits per heavy atom. The van der Waals surface area contributed by atoms with Crippen LogP contribution in [0.5, 0.6) is 0 Å². The topological polar surface area (TPSA) is 98.9 Å². The molecule has 9 heteroatoms. The van der Waals surface area contributed by atoms with Crippen LogP contribution in [0.25, 0.3) is 11.0 Å². The molecule has 0 bridgehead atoms. The van der Waals surface area contributed by atoms with E-state index in [1.807, 2.05) is 25.1 Å². The zero-order valence-electron chi connectivity index (χ0n) is 16.5. The molecule has 3 aromatic rings. The van der Waals surface area contributed by atoms with E-state index in [-0.39, 0.29) is 0 Å². The summed E-state index contributed by atoms with van der Waals surface area (Å²) >= 11 is 6.17. The number of aryl methyl sites for hydroxylation is 1. The molecule has 30 heavy (non-hydrogen) atoms. The predicted molar refractivity (Wildman–Crippen MR) is 108 cm³/mol.